The first-order valence-corrected chi connectivity index (χ1v) is 1.85. The summed E-state index contributed by atoms with van der Waals surface area (Å²) in [6.45, 7) is 1.74. The molecule has 0 heterocycles. The molecule has 1 N–H and O–H groups in total. The molecule has 0 aromatic carbocycles. The Hall–Kier alpha value is -0.0400. The summed E-state index contributed by atoms with van der Waals surface area (Å²) < 4.78 is 0. The van der Waals surface area contributed by atoms with Gasteiger partial charge in [0.1, 0.15) is 0 Å². The molecule has 0 spiro atoms. The molecule has 0 fully saturated rings. The van der Waals surface area contributed by atoms with Crippen molar-refractivity contribution in [1.82, 2.24) is 0 Å². The minimum atomic E-state index is -0.102. The zero-order valence-corrected chi connectivity index (χ0v) is 3.79. The Morgan fingerprint density at radius 2 is 2.20 bits per heavy atom. The quantitative estimate of drug-likeness (QED) is 0.371. The highest BCUT2D eigenvalue weighted by Crippen LogP contribution is 1.82. The van der Waals surface area contributed by atoms with E-state index in [-0.39, 0.29) is 5.38 Å². The van der Waals surface area contributed by atoms with Gasteiger partial charge >= 0.3 is 0 Å². The lowest BCUT2D eigenvalue weighted by Gasteiger charge is -1.79. The Labute approximate surface area is 36.5 Å². The molecule has 0 aromatic rings. The largest absolute Gasteiger partial charge is 0.312 e. The van der Waals surface area contributed by atoms with Crippen molar-refractivity contribution in [1.29, 1.82) is 5.41 Å². The van der Waals surface area contributed by atoms with Crippen molar-refractivity contribution in [2.24, 2.45) is 0 Å². The Balaban J connectivity index is 2.83. The average Bonchev–Trinajstić information content (AvgIpc) is 1.38. The molecule has 1 unspecified atom stereocenters. The van der Waals surface area contributed by atoms with Crippen molar-refractivity contribution in [3.05, 3.63) is 0 Å². The molecule has 2 heteroatoms. The van der Waals surface area contributed by atoms with Gasteiger partial charge in [0, 0.05) is 6.21 Å². The minimum Gasteiger partial charge on any atom is -0.312 e. The van der Waals surface area contributed by atoms with E-state index in [1.807, 2.05) is 0 Å². The fourth-order valence-electron chi connectivity index (χ4n) is 0. The molecule has 0 aliphatic rings. The molecular formula is C3H6ClN. The molecule has 0 saturated carbocycles. The summed E-state index contributed by atoms with van der Waals surface area (Å²) in [5.74, 6) is 0. The van der Waals surface area contributed by atoms with Crippen molar-refractivity contribution >= 4 is 17.8 Å². The van der Waals surface area contributed by atoms with E-state index >= 15 is 0 Å². The molecule has 1 nitrogen and oxygen atoms in total. The van der Waals surface area contributed by atoms with Crippen LogP contribution >= 0.6 is 11.6 Å². The first-order chi connectivity index (χ1) is 2.27. The lowest BCUT2D eigenvalue weighted by molar-refractivity contribution is 1.30. The molecule has 30 valence electrons. The van der Waals surface area contributed by atoms with Crippen molar-refractivity contribution in [3.8, 4) is 0 Å². The van der Waals surface area contributed by atoms with Gasteiger partial charge in [-0.2, -0.15) is 0 Å². The predicted octanol–water partition coefficient (Wildman–Crippen LogP) is 1.26. The number of rotatable bonds is 1. The van der Waals surface area contributed by atoms with E-state index in [0.717, 1.165) is 0 Å². The van der Waals surface area contributed by atoms with E-state index in [0.29, 0.717) is 0 Å². The molecule has 0 aliphatic heterocycles. The molecule has 0 saturated heterocycles. The highest BCUT2D eigenvalue weighted by atomic mass is 35.5. The van der Waals surface area contributed by atoms with Crippen LogP contribution < -0.4 is 0 Å². The van der Waals surface area contributed by atoms with Crippen LogP contribution in [0.4, 0.5) is 0 Å². The van der Waals surface area contributed by atoms with E-state index in [1.165, 1.54) is 6.21 Å². The zero-order chi connectivity index (χ0) is 4.28. The van der Waals surface area contributed by atoms with Gasteiger partial charge in [-0.05, 0) is 6.92 Å². The standard InChI is InChI=1S/C3H6ClN/c1-3(4)2-5/h2-3,5H,1H3. The van der Waals surface area contributed by atoms with Gasteiger partial charge in [-0.3, -0.25) is 0 Å². The number of alkyl halides is 1. The molecule has 5 heavy (non-hydrogen) atoms. The van der Waals surface area contributed by atoms with Crippen LogP contribution in [0.25, 0.3) is 0 Å². The summed E-state index contributed by atoms with van der Waals surface area (Å²) in [6, 6.07) is 0. The van der Waals surface area contributed by atoms with Crippen LogP contribution in [0.3, 0.4) is 0 Å². The topological polar surface area (TPSA) is 23.9 Å². The van der Waals surface area contributed by atoms with Crippen LogP contribution in [-0.4, -0.2) is 11.6 Å². The normalized spacial score (nSPS) is 14.0. The summed E-state index contributed by atoms with van der Waals surface area (Å²) >= 11 is 5.22. The number of nitrogens with one attached hydrogen (secondary N) is 1. The van der Waals surface area contributed by atoms with Gasteiger partial charge < -0.3 is 5.41 Å². The molecule has 0 bridgehead atoms. The fourth-order valence-corrected chi connectivity index (χ4v) is 0. The highest BCUT2D eigenvalue weighted by Gasteiger charge is 1.79. The highest BCUT2D eigenvalue weighted by molar-refractivity contribution is 6.27. The molecule has 0 rings (SSSR count). The van der Waals surface area contributed by atoms with Gasteiger partial charge in [-0.15, -0.1) is 11.6 Å². The lowest BCUT2D eigenvalue weighted by Crippen LogP contribution is -1.85. The first-order valence-electron chi connectivity index (χ1n) is 1.42. The van der Waals surface area contributed by atoms with Gasteiger partial charge in [0.15, 0.2) is 0 Å². The summed E-state index contributed by atoms with van der Waals surface area (Å²) in [5.41, 5.74) is 0. The van der Waals surface area contributed by atoms with E-state index < -0.39 is 0 Å². The van der Waals surface area contributed by atoms with Crippen LogP contribution in [0.2, 0.25) is 0 Å². The second-order valence-corrected chi connectivity index (χ2v) is 1.53. The third-order valence-electron chi connectivity index (χ3n) is 0.230. The Morgan fingerprint density at radius 3 is 2.20 bits per heavy atom. The van der Waals surface area contributed by atoms with Gasteiger partial charge in [0.25, 0.3) is 0 Å². The predicted molar refractivity (Wildman–Crippen MR) is 24.1 cm³/mol. The number of halogens is 1. The minimum absolute atomic E-state index is 0.102. The van der Waals surface area contributed by atoms with Crippen LogP contribution in [-0.2, 0) is 0 Å². The number of hydrogen-bond acceptors (Lipinski definition) is 1. The zero-order valence-electron chi connectivity index (χ0n) is 3.03. The molecule has 0 aliphatic carbocycles. The Kier molecular flexibility index (Phi) is 2.19. The van der Waals surface area contributed by atoms with Crippen molar-refractivity contribution in [3.63, 3.8) is 0 Å². The summed E-state index contributed by atoms with van der Waals surface area (Å²) in [7, 11) is 0. The monoisotopic (exact) mass is 91.0 g/mol. The first kappa shape index (κ1) is 4.96. The van der Waals surface area contributed by atoms with E-state index in [1.54, 1.807) is 6.92 Å². The van der Waals surface area contributed by atoms with E-state index in [9.17, 15) is 0 Å². The van der Waals surface area contributed by atoms with Gasteiger partial charge in [0.2, 0.25) is 0 Å². The molecule has 1 atom stereocenters. The maximum atomic E-state index is 6.40. The Morgan fingerprint density at radius 1 is 2.00 bits per heavy atom. The summed E-state index contributed by atoms with van der Waals surface area (Å²) in [6.07, 6.45) is 1.18. The molecular weight excluding hydrogens is 85.5 g/mol. The summed E-state index contributed by atoms with van der Waals surface area (Å²) in [5, 5.41) is 6.30. The van der Waals surface area contributed by atoms with Crippen LogP contribution in [0, 0.1) is 5.41 Å². The smallest absolute Gasteiger partial charge is 0.0653 e. The van der Waals surface area contributed by atoms with Gasteiger partial charge in [-0.25, -0.2) is 0 Å². The van der Waals surface area contributed by atoms with Crippen molar-refractivity contribution < 1.29 is 0 Å². The maximum Gasteiger partial charge on any atom is 0.0653 e. The summed E-state index contributed by atoms with van der Waals surface area (Å²) in [4.78, 5) is 0. The van der Waals surface area contributed by atoms with Crippen LogP contribution in [0.15, 0.2) is 0 Å². The maximum absolute atomic E-state index is 6.40. The number of hydrogen-bond donors (Lipinski definition) is 1. The average molecular weight is 91.5 g/mol. The fraction of sp³-hybridized carbons (Fsp3) is 0.667. The SMILES string of the molecule is CC(Cl)C=N. The second-order valence-electron chi connectivity index (χ2n) is 0.844. The van der Waals surface area contributed by atoms with Crippen LogP contribution in [0.5, 0.6) is 0 Å². The van der Waals surface area contributed by atoms with E-state index in [2.05, 4.69) is 0 Å². The van der Waals surface area contributed by atoms with Gasteiger partial charge in [-0.1, -0.05) is 0 Å². The van der Waals surface area contributed by atoms with Gasteiger partial charge in [0.05, 0.1) is 5.38 Å². The van der Waals surface area contributed by atoms with Crippen molar-refractivity contribution in [2.75, 3.05) is 0 Å². The molecule has 0 radical (unpaired) electrons. The Bertz CT molecular complexity index is 33.9. The third kappa shape index (κ3) is 3.96. The van der Waals surface area contributed by atoms with E-state index in [4.69, 9.17) is 17.0 Å². The lowest BCUT2D eigenvalue weighted by atomic mass is 10.5. The second kappa shape index (κ2) is 2.21. The van der Waals surface area contributed by atoms with Crippen molar-refractivity contribution in [2.45, 2.75) is 12.3 Å². The molecule has 0 aromatic heterocycles. The molecule has 0 amide bonds. The third-order valence-corrected chi connectivity index (χ3v) is 0.356. The van der Waals surface area contributed by atoms with Crippen LogP contribution in [0.1, 0.15) is 6.92 Å².